The summed E-state index contributed by atoms with van der Waals surface area (Å²) in [6.07, 6.45) is 0. The summed E-state index contributed by atoms with van der Waals surface area (Å²) in [7, 11) is 0. The van der Waals surface area contributed by atoms with Crippen molar-refractivity contribution >= 4 is 46.8 Å². The van der Waals surface area contributed by atoms with Crippen molar-refractivity contribution in [3.63, 3.8) is 0 Å². The van der Waals surface area contributed by atoms with Gasteiger partial charge in [-0.1, -0.05) is 47.5 Å². The predicted octanol–water partition coefficient (Wildman–Crippen LogP) is 4.51. The molecule has 25 heavy (non-hydrogen) atoms. The molecule has 2 aromatic carbocycles. The van der Waals surface area contributed by atoms with E-state index in [1.165, 1.54) is 11.8 Å². The van der Waals surface area contributed by atoms with Crippen molar-refractivity contribution in [3.8, 4) is 0 Å². The maximum Gasteiger partial charge on any atom is 0.316 e. The van der Waals surface area contributed by atoms with E-state index in [-0.39, 0.29) is 24.3 Å². The number of carbonyl (C=O) groups excluding carboxylic acids is 2. The van der Waals surface area contributed by atoms with Crippen molar-refractivity contribution in [1.29, 1.82) is 0 Å². The van der Waals surface area contributed by atoms with Gasteiger partial charge in [0.15, 0.2) is 6.61 Å². The van der Waals surface area contributed by atoms with E-state index in [4.69, 9.17) is 27.9 Å². The molecule has 0 heterocycles. The fraction of sp³-hybridized carbons (Fsp3) is 0.222. The molecule has 0 aliphatic heterocycles. The molecule has 0 bridgehead atoms. The molecular weight excluding hydrogens is 381 g/mol. The molecule has 1 amide bonds. The molecule has 1 atom stereocenters. The summed E-state index contributed by atoms with van der Waals surface area (Å²) in [6, 6.07) is 14.4. The molecule has 0 aromatic heterocycles. The van der Waals surface area contributed by atoms with Crippen LogP contribution in [0.4, 0.5) is 0 Å². The maximum absolute atomic E-state index is 11.9. The van der Waals surface area contributed by atoms with Gasteiger partial charge in [0.1, 0.15) is 0 Å². The Labute approximate surface area is 160 Å². The topological polar surface area (TPSA) is 55.4 Å². The SMILES string of the molecule is C[C@@H](NC(=O)COC(=O)CSc1ccccc1)c1ccc(Cl)c(Cl)c1. The van der Waals surface area contributed by atoms with Crippen molar-refractivity contribution < 1.29 is 14.3 Å². The number of rotatable bonds is 7. The van der Waals surface area contributed by atoms with Crippen LogP contribution in [-0.2, 0) is 14.3 Å². The van der Waals surface area contributed by atoms with Crippen LogP contribution in [0.2, 0.25) is 10.0 Å². The van der Waals surface area contributed by atoms with Crippen molar-refractivity contribution in [3.05, 3.63) is 64.1 Å². The van der Waals surface area contributed by atoms with Crippen molar-refractivity contribution in [2.75, 3.05) is 12.4 Å². The third-order valence-corrected chi connectivity index (χ3v) is 5.01. The Kier molecular flexibility index (Phi) is 7.62. The fourth-order valence-corrected chi connectivity index (χ4v) is 3.02. The number of amides is 1. The lowest BCUT2D eigenvalue weighted by Crippen LogP contribution is -2.31. The highest BCUT2D eigenvalue weighted by Crippen LogP contribution is 2.25. The third kappa shape index (κ3) is 6.61. The number of ether oxygens (including phenoxy) is 1. The zero-order chi connectivity index (χ0) is 18.2. The lowest BCUT2D eigenvalue weighted by atomic mass is 10.1. The number of benzene rings is 2. The highest BCUT2D eigenvalue weighted by atomic mass is 35.5. The first kappa shape index (κ1) is 19.6. The van der Waals surface area contributed by atoms with Crippen molar-refractivity contribution in [2.45, 2.75) is 17.9 Å². The number of nitrogens with one attached hydrogen (secondary N) is 1. The highest BCUT2D eigenvalue weighted by molar-refractivity contribution is 8.00. The van der Waals surface area contributed by atoms with Gasteiger partial charge in [-0.2, -0.15) is 0 Å². The molecule has 2 aromatic rings. The first-order valence-corrected chi connectivity index (χ1v) is 9.27. The van der Waals surface area contributed by atoms with Crippen LogP contribution in [0.15, 0.2) is 53.4 Å². The second-order valence-electron chi connectivity index (χ2n) is 5.23. The van der Waals surface area contributed by atoms with Crippen molar-refractivity contribution in [1.82, 2.24) is 5.32 Å². The van der Waals surface area contributed by atoms with Crippen LogP contribution >= 0.6 is 35.0 Å². The smallest absolute Gasteiger partial charge is 0.316 e. The van der Waals surface area contributed by atoms with Crippen LogP contribution in [0.25, 0.3) is 0 Å². The van der Waals surface area contributed by atoms with Crippen molar-refractivity contribution in [2.24, 2.45) is 0 Å². The maximum atomic E-state index is 11.9. The van der Waals surface area contributed by atoms with Crippen LogP contribution < -0.4 is 5.32 Å². The molecule has 0 aliphatic rings. The van der Waals surface area contributed by atoms with E-state index in [9.17, 15) is 9.59 Å². The van der Waals surface area contributed by atoms with Crippen LogP contribution in [0, 0.1) is 0 Å². The average molecular weight is 398 g/mol. The minimum Gasteiger partial charge on any atom is -0.455 e. The summed E-state index contributed by atoms with van der Waals surface area (Å²) in [5.41, 5.74) is 0.814. The van der Waals surface area contributed by atoms with E-state index in [2.05, 4.69) is 5.32 Å². The minimum absolute atomic E-state index is 0.152. The van der Waals surface area contributed by atoms with E-state index in [0.29, 0.717) is 10.0 Å². The molecule has 7 heteroatoms. The molecule has 0 saturated carbocycles. The minimum atomic E-state index is -0.439. The van der Waals surface area contributed by atoms with Gasteiger partial charge in [-0.15, -0.1) is 11.8 Å². The standard InChI is InChI=1S/C18H17Cl2NO3S/c1-12(13-7-8-15(19)16(20)9-13)21-17(22)10-24-18(23)11-25-14-5-3-2-4-6-14/h2-9,12H,10-11H2,1H3,(H,21,22)/t12-/m1/s1. The summed E-state index contributed by atoms with van der Waals surface area (Å²) in [6.45, 7) is 1.49. The second kappa shape index (κ2) is 9.70. The molecule has 1 N–H and O–H groups in total. The van der Waals surface area contributed by atoms with E-state index < -0.39 is 5.97 Å². The lowest BCUT2D eigenvalue weighted by Gasteiger charge is -2.15. The molecule has 4 nitrogen and oxygen atoms in total. The van der Waals surface area contributed by atoms with Gasteiger partial charge in [0.2, 0.25) is 0 Å². The van der Waals surface area contributed by atoms with Gasteiger partial charge in [-0.25, -0.2) is 0 Å². The summed E-state index contributed by atoms with van der Waals surface area (Å²) in [5, 5.41) is 3.62. The molecule has 2 rings (SSSR count). The molecule has 0 spiro atoms. The van der Waals surface area contributed by atoms with Gasteiger partial charge in [-0.05, 0) is 36.8 Å². The van der Waals surface area contributed by atoms with Gasteiger partial charge in [-0.3, -0.25) is 9.59 Å². The zero-order valence-corrected chi connectivity index (χ0v) is 15.8. The summed E-state index contributed by atoms with van der Waals surface area (Å²) in [4.78, 5) is 24.6. The first-order chi connectivity index (χ1) is 12.0. The number of hydrogen-bond donors (Lipinski definition) is 1. The third-order valence-electron chi connectivity index (χ3n) is 3.29. The van der Waals surface area contributed by atoms with Gasteiger partial charge in [0, 0.05) is 4.90 Å². The Morgan fingerprint density at radius 3 is 2.52 bits per heavy atom. The molecule has 0 saturated heterocycles. The normalized spacial score (nSPS) is 11.6. The van der Waals surface area contributed by atoms with Crippen LogP contribution in [-0.4, -0.2) is 24.2 Å². The van der Waals surface area contributed by atoms with E-state index in [0.717, 1.165) is 10.5 Å². The van der Waals surface area contributed by atoms with Crippen LogP contribution in [0.1, 0.15) is 18.5 Å². The molecule has 0 fully saturated rings. The van der Waals surface area contributed by atoms with Gasteiger partial charge >= 0.3 is 5.97 Å². The highest BCUT2D eigenvalue weighted by Gasteiger charge is 2.13. The number of carbonyl (C=O) groups is 2. The molecular formula is C18H17Cl2NO3S. The Balaban J connectivity index is 1.74. The molecule has 0 aliphatic carbocycles. The number of thioether (sulfide) groups is 1. The van der Waals surface area contributed by atoms with Gasteiger partial charge in [0.05, 0.1) is 21.8 Å². The zero-order valence-electron chi connectivity index (χ0n) is 13.5. The molecule has 0 radical (unpaired) electrons. The number of halogens is 2. The van der Waals surface area contributed by atoms with Crippen LogP contribution in [0.5, 0.6) is 0 Å². The van der Waals surface area contributed by atoms with Gasteiger partial charge < -0.3 is 10.1 Å². The Morgan fingerprint density at radius 2 is 1.84 bits per heavy atom. The van der Waals surface area contributed by atoms with E-state index >= 15 is 0 Å². The van der Waals surface area contributed by atoms with E-state index in [1.807, 2.05) is 37.3 Å². The fourth-order valence-electron chi connectivity index (χ4n) is 1.99. The van der Waals surface area contributed by atoms with Gasteiger partial charge in [0.25, 0.3) is 5.91 Å². The largest absolute Gasteiger partial charge is 0.455 e. The number of hydrogen-bond acceptors (Lipinski definition) is 4. The summed E-state index contributed by atoms with van der Waals surface area (Å²) < 4.78 is 4.99. The Hall–Kier alpha value is -1.69. The summed E-state index contributed by atoms with van der Waals surface area (Å²) in [5.74, 6) is -0.664. The Bertz CT molecular complexity index is 740. The van der Waals surface area contributed by atoms with E-state index in [1.54, 1.807) is 18.2 Å². The molecule has 132 valence electrons. The monoisotopic (exact) mass is 397 g/mol. The van der Waals surface area contributed by atoms with Crippen LogP contribution in [0.3, 0.4) is 0 Å². The quantitative estimate of drug-likeness (QED) is 0.551. The molecule has 0 unspecified atom stereocenters. The first-order valence-electron chi connectivity index (χ1n) is 7.53. The lowest BCUT2D eigenvalue weighted by molar-refractivity contribution is -0.146. The Morgan fingerprint density at radius 1 is 1.12 bits per heavy atom. The summed E-state index contributed by atoms with van der Waals surface area (Å²) >= 11 is 13.2. The average Bonchev–Trinajstić information content (AvgIpc) is 2.61. The number of esters is 1. The second-order valence-corrected chi connectivity index (χ2v) is 7.09. The predicted molar refractivity (Wildman–Crippen MR) is 101 cm³/mol.